The molecule has 2 aromatic carbocycles. The van der Waals surface area contributed by atoms with E-state index in [0.717, 1.165) is 17.3 Å². The summed E-state index contributed by atoms with van der Waals surface area (Å²) in [7, 11) is 0. The van der Waals surface area contributed by atoms with Gasteiger partial charge in [0, 0.05) is 4.47 Å². The van der Waals surface area contributed by atoms with Crippen LogP contribution in [0.25, 0.3) is 0 Å². The first-order valence-electron chi connectivity index (χ1n) is 9.41. The summed E-state index contributed by atoms with van der Waals surface area (Å²) in [4.78, 5) is 12.6. The first kappa shape index (κ1) is 19.0. The monoisotopic (exact) mass is 415 g/mol. The van der Waals surface area contributed by atoms with E-state index in [9.17, 15) is 4.79 Å². The Hall–Kier alpha value is -1.81. The van der Waals surface area contributed by atoms with Crippen molar-refractivity contribution < 1.29 is 9.53 Å². The first-order chi connectivity index (χ1) is 12.6. The summed E-state index contributed by atoms with van der Waals surface area (Å²) in [6.07, 6.45) is 5.19. The number of benzene rings is 2. The number of amides is 1. The standard InChI is InChI=1S/C22H26BrNO2/c1-3-21(18-9-8-16-6-4-5-7-17(16)14-18)24-22(25)15(2)26-20-12-10-19(23)11-13-20/h8-15,21H,3-7H2,1-2H3,(H,24,25)/t15-,21-/m1/s1. The Labute approximate surface area is 164 Å². The zero-order valence-corrected chi connectivity index (χ0v) is 17.0. The van der Waals surface area contributed by atoms with Crippen molar-refractivity contribution in [3.05, 3.63) is 63.6 Å². The molecule has 3 nitrogen and oxygen atoms in total. The summed E-state index contributed by atoms with van der Waals surface area (Å²) in [6.45, 7) is 3.89. The first-order valence-corrected chi connectivity index (χ1v) is 10.2. The molecule has 0 unspecified atom stereocenters. The molecule has 2 aromatic rings. The van der Waals surface area contributed by atoms with Crippen LogP contribution in [-0.2, 0) is 17.6 Å². The van der Waals surface area contributed by atoms with Gasteiger partial charge in [-0.2, -0.15) is 0 Å². The van der Waals surface area contributed by atoms with E-state index >= 15 is 0 Å². The van der Waals surface area contributed by atoms with Crippen LogP contribution in [0.1, 0.15) is 55.8 Å². The van der Waals surface area contributed by atoms with Crippen LogP contribution >= 0.6 is 15.9 Å². The van der Waals surface area contributed by atoms with E-state index in [1.54, 1.807) is 6.92 Å². The number of aryl methyl sites for hydroxylation is 2. The van der Waals surface area contributed by atoms with Crippen LogP contribution in [0.5, 0.6) is 5.75 Å². The maximum atomic E-state index is 12.6. The Morgan fingerprint density at radius 3 is 2.50 bits per heavy atom. The highest BCUT2D eigenvalue weighted by Crippen LogP contribution is 2.26. The molecule has 0 saturated heterocycles. The Morgan fingerprint density at radius 1 is 1.12 bits per heavy atom. The third-order valence-corrected chi connectivity index (χ3v) is 5.52. The maximum absolute atomic E-state index is 12.6. The molecule has 0 radical (unpaired) electrons. The predicted octanol–water partition coefficient (Wildman–Crippen LogP) is 5.36. The number of hydrogen-bond donors (Lipinski definition) is 1. The molecule has 0 fully saturated rings. The third-order valence-electron chi connectivity index (χ3n) is 5.00. The molecule has 1 aliphatic rings. The summed E-state index contributed by atoms with van der Waals surface area (Å²) < 4.78 is 6.76. The normalized spacial score (nSPS) is 15.7. The van der Waals surface area contributed by atoms with Crippen molar-refractivity contribution in [1.29, 1.82) is 0 Å². The van der Waals surface area contributed by atoms with Gasteiger partial charge in [0.25, 0.3) is 5.91 Å². The maximum Gasteiger partial charge on any atom is 0.261 e. The van der Waals surface area contributed by atoms with E-state index in [-0.39, 0.29) is 11.9 Å². The van der Waals surface area contributed by atoms with Crippen LogP contribution < -0.4 is 10.1 Å². The SMILES string of the molecule is CC[C@@H](NC(=O)[C@@H](C)Oc1ccc(Br)cc1)c1ccc2c(c1)CCCC2. The van der Waals surface area contributed by atoms with Crippen LogP contribution in [-0.4, -0.2) is 12.0 Å². The van der Waals surface area contributed by atoms with Gasteiger partial charge >= 0.3 is 0 Å². The zero-order chi connectivity index (χ0) is 18.5. The van der Waals surface area contributed by atoms with E-state index in [1.807, 2.05) is 24.3 Å². The molecule has 0 aromatic heterocycles. The number of ether oxygens (including phenoxy) is 1. The van der Waals surface area contributed by atoms with Crippen molar-refractivity contribution >= 4 is 21.8 Å². The molecule has 0 heterocycles. The predicted molar refractivity (Wildman–Crippen MR) is 108 cm³/mol. The quantitative estimate of drug-likeness (QED) is 0.688. The Morgan fingerprint density at radius 2 is 1.81 bits per heavy atom. The van der Waals surface area contributed by atoms with Gasteiger partial charge in [0.15, 0.2) is 6.10 Å². The minimum atomic E-state index is -0.539. The summed E-state index contributed by atoms with van der Waals surface area (Å²) in [5, 5.41) is 3.15. The van der Waals surface area contributed by atoms with Crippen molar-refractivity contribution in [3.63, 3.8) is 0 Å². The van der Waals surface area contributed by atoms with Gasteiger partial charge in [-0.1, -0.05) is 41.1 Å². The Kier molecular flexibility index (Phi) is 6.36. The van der Waals surface area contributed by atoms with Crippen molar-refractivity contribution in [1.82, 2.24) is 5.32 Å². The number of hydrogen-bond acceptors (Lipinski definition) is 2. The molecule has 26 heavy (non-hydrogen) atoms. The van der Waals surface area contributed by atoms with Crippen LogP contribution in [0.3, 0.4) is 0 Å². The highest BCUT2D eigenvalue weighted by molar-refractivity contribution is 9.10. The molecule has 0 bridgehead atoms. The second-order valence-electron chi connectivity index (χ2n) is 6.92. The molecule has 2 atom stereocenters. The molecule has 1 N–H and O–H groups in total. The van der Waals surface area contributed by atoms with Gasteiger partial charge in [-0.3, -0.25) is 4.79 Å². The smallest absolute Gasteiger partial charge is 0.261 e. The van der Waals surface area contributed by atoms with Crippen molar-refractivity contribution in [3.8, 4) is 5.75 Å². The van der Waals surface area contributed by atoms with Crippen LogP contribution in [0.2, 0.25) is 0 Å². The van der Waals surface area contributed by atoms with E-state index in [4.69, 9.17) is 4.74 Å². The van der Waals surface area contributed by atoms with E-state index in [2.05, 4.69) is 46.4 Å². The van der Waals surface area contributed by atoms with Gasteiger partial charge in [-0.15, -0.1) is 0 Å². The summed E-state index contributed by atoms with van der Waals surface area (Å²) in [5.74, 6) is 0.607. The van der Waals surface area contributed by atoms with Gasteiger partial charge in [-0.05, 0) is 80.0 Å². The molecule has 4 heteroatoms. The average molecular weight is 416 g/mol. The number of rotatable bonds is 6. The molecule has 1 amide bonds. The van der Waals surface area contributed by atoms with Crippen LogP contribution in [0.15, 0.2) is 46.9 Å². The summed E-state index contributed by atoms with van der Waals surface area (Å²) in [5.41, 5.74) is 4.10. The lowest BCUT2D eigenvalue weighted by molar-refractivity contribution is -0.128. The second-order valence-corrected chi connectivity index (χ2v) is 7.83. The van der Waals surface area contributed by atoms with E-state index in [1.165, 1.54) is 36.0 Å². The van der Waals surface area contributed by atoms with Gasteiger partial charge in [0.1, 0.15) is 5.75 Å². The minimum Gasteiger partial charge on any atom is -0.481 e. The lowest BCUT2D eigenvalue weighted by Crippen LogP contribution is -2.38. The lowest BCUT2D eigenvalue weighted by Gasteiger charge is -2.23. The average Bonchev–Trinajstić information content (AvgIpc) is 2.67. The van der Waals surface area contributed by atoms with Crippen molar-refractivity contribution in [2.45, 2.75) is 58.1 Å². The molecule has 3 rings (SSSR count). The summed E-state index contributed by atoms with van der Waals surface area (Å²) >= 11 is 3.40. The molecular weight excluding hydrogens is 390 g/mol. The number of halogens is 1. The Bertz CT molecular complexity index is 757. The fourth-order valence-electron chi connectivity index (χ4n) is 3.45. The van der Waals surface area contributed by atoms with Crippen molar-refractivity contribution in [2.75, 3.05) is 0 Å². The molecule has 0 spiro atoms. The number of fused-ring (bicyclic) bond motifs is 1. The van der Waals surface area contributed by atoms with Gasteiger partial charge < -0.3 is 10.1 Å². The Balaban J connectivity index is 1.65. The van der Waals surface area contributed by atoms with E-state index < -0.39 is 6.10 Å². The van der Waals surface area contributed by atoms with Crippen molar-refractivity contribution in [2.24, 2.45) is 0 Å². The molecule has 0 saturated carbocycles. The topological polar surface area (TPSA) is 38.3 Å². The highest BCUT2D eigenvalue weighted by Gasteiger charge is 2.20. The molecule has 138 valence electrons. The highest BCUT2D eigenvalue weighted by atomic mass is 79.9. The van der Waals surface area contributed by atoms with Crippen LogP contribution in [0.4, 0.5) is 0 Å². The minimum absolute atomic E-state index is 0.0192. The van der Waals surface area contributed by atoms with Gasteiger partial charge in [0.05, 0.1) is 6.04 Å². The molecular formula is C22H26BrNO2. The molecule has 0 aliphatic heterocycles. The fourth-order valence-corrected chi connectivity index (χ4v) is 3.72. The fraction of sp³-hybridized carbons (Fsp3) is 0.409. The number of carbonyl (C=O) groups is 1. The zero-order valence-electron chi connectivity index (χ0n) is 15.4. The van der Waals surface area contributed by atoms with Gasteiger partial charge in [-0.25, -0.2) is 0 Å². The van der Waals surface area contributed by atoms with Crippen LogP contribution in [0, 0.1) is 0 Å². The largest absolute Gasteiger partial charge is 0.481 e. The second kappa shape index (κ2) is 8.72. The van der Waals surface area contributed by atoms with Gasteiger partial charge in [0.2, 0.25) is 0 Å². The number of carbonyl (C=O) groups excluding carboxylic acids is 1. The van der Waals surface area contributed by atoms with E-state index in [0.29, 0.717) is 5.75 Å². The summed E-state index contributed by atoms with van der Waals surface area (Å²) in [6, 6.07) is 14.2. The number of nitrogens with one attached hydrogen (secondary N) is 1. The molecule has 1 aliphatic carbocycles. The third kappa shape index (κ3) is 4.67. The lowest BCUT2D eigenvalue weighted by atomic mass is 9.89.